The van der Waals surface area contributed by atoms with Crippen molar-refractivity contribution in [1.82, 2.24) is 14.5 Å². The lowest BCUT2D eigenvalue weighted by molar-refractivity contribution is 0.105. The van der Waals surface area contributed by atoms with E-state index < -0.39 is 0 Å². The molecule has 0 unspecified atom stereocenters. The molecule has 0 fully saturated rings. The summed E-state index contributed by atoms with van der Waals surface area (Å²) in [5.41, 5.74) is 4.14. The first-order valence-corrected chi connectivity index (χ1v) is 9.29. The number of pyridine rings is 1. The Morgan fingerprint density at radius 2 is 1.70 bits per heavy atom. The number of hydrogen-bond donors (Lipinski definition) is 0. The summed E-state index contributed by atoms with van der Waals surface area (Å²) in [4.78, 5) is 9.29. The molecule has 0 saturated heterocycles. The predicted molar refractivity (Wildman–Crippen MR) is 106 cm³/mol. The van der Waals surface area contributed by atoms with E-state index in [4.69, 9.17) is 14.5 Å². The van der Waals surface area contributed by atoms with Crippen LogP contribution in [-0.2, 0) is 29.2 Å². The quantitative estimate of drug-likeness (QED) is 0.438. The average molecular weight is 361 g/mol. The number of imidazole rings is 1. The predicted octanol–water partition coefficient (Wildman–Crippen LogP) is 4.34. The zero-order chi connectivity index (χ0) is 18.5. The highest BCUT2D eigenvalue weighted by molar-refractivity contribution is 6.02. The van der Waals surface area contributed by atoms with Crippen molar-refractivity contribution in [3.05, 3.63) is 72.2 Å². The molecule has 0 N–H and O–H groups in total. The molecular formula is C22H23N3O2. The van der Waals surface area contributed by atoms with Gasteiger partial charge in [-0.25, -0.2) is 4.98 Å². The van der Waals surface area contributed by atoms with Crippen molar-refractivity contribution in [2.24, 2.45) is 0 Å². The zero-order valence-electron chi connectivity index (χ0n) is 15.5. The first-order chi connectivity index (χ1) is 13.4. The normalized spacial score (nSPS) is 11.4. The molecule has 0 saturated carbocycles. The number of fused-ring (bicyclic) bond motifs is 3. The fraction of sp³-hybridized carbons (Fsp3) is 0.273. The van der Waals surface area contributed by atoms with Crippen LogP contribution in [0.1, 0.15) is 18.3 Å². The summed E-state index contributed by atoms with van der Waals surface area (Å²) in [6, 6.07) is 18.4. The van der Waals surface area contributed by atoms with E-state index in [1.54, 1.807) is 0 Å². The van der Waals surface area contributed by atoms with Gasteiger partial charge in [-0.05, 0) is 18.6 Å². The van der Waals surface area contributed by atoms with Crippen LogP contribution in [0.15, 0.2) is 60.8 Å². The van der Waals surface area contributed by atoms with Gasteiger partial charge in [-0.3, -0.25) is 4.98 Å². The van der Waals surface area contributed by atoms with E-state index in [1.165, 1.54) is 5.56 Å². The van der Waals surface area contributed by atoms with Gasteiger partial charge in [0, 0.05) is 18.5 Å². The maximum atomic E-state index is 5.91. The summed E-state index contributed by atoms with van der Waals surface area (Å²) in [5, 5.41) is 1.10. The molecule has 138 valence electrons. The summed E-state index contributed by atoms with van der Waals surface area (Å²) in [7, 11) is 0. The van der Waals surface area contributed by atoms with Gasteiger partial charge in [0.2, 0.25) is 0 Å². The molecule has 0 aliphatic heterocycles. The summed E-state index contributed by atoms with van der Waals surface area (Å²) in [6.07, 6.45) is 1.84. The maximum absolute atomic E-state index is 5.91. The lowest BCUT2D eigenvalue weighted by Gasteiger charge is -2.11. The molecule has 0 spiro atoms. The Hall–Kier alpha value is -2.76. The minimum atomic E-state index is 0.484. The molecule has 0 bridgehead atoms. The molecule has 0 aliphatic carbocycles. The minimum Gasteiger partial charge on any atom is -0.375 e. The SMILES string of the molecule is CCOCc1nc2cnc3ccccc3c2n1CCOCc1ccccc1. The van der Waals surface area contributed by atoms with Gasteiger partial charge in [0.15, 0.2) is 0 Å². The van der Waals surface area contributed by atoms with Crippen LogP contribution in [0.25, 0.3) is 21.9 Å². The summed E-state index contributed by atoms with van der Waals surface area (Å²) in [5.74, 6) is 0.910. The number of hydrogen-bond acceptors (Lipinski definition) is 4. The molecule has 0 atom stereocenters. The van der Waals surface area contributed by atoms with Crippen LogP contribution in [0.5, 0.6) is 0 Å². The van der Waals surface area contributed by atoms with Crippen molar-refractivity contribution in [1.29, 1.82) is 0 Å². The highest BCUT2D eigenvalue weighted by atomic mass is 16.5. The number of benzene rings is 2. The van der Waals surface area contributed by atoms with Crippen molar-refractivity contribution in [3.63, 3.8) is 0 Å². The van der Waals surface area contributed by atoms with E-state index in [0.29, 0.717) is 26.4 Å². The monoisotopic (exact) mass is 361 g/mol. The third-order valence-corrected chi connectivity index (χ3v) is 4.56. The van der Waals surface area contributed by atoms with Gasteiger partial charge in [0.05, 0.1) is 30.4 Å². The lowest BCUT2D eigenvalue weighted by Crippen LogP contribution is -2.11. The second-order valence-corrected chi connectivity index (χ2v) is 6.36. The number of para-hydroxylation sites is 1. The smallest absolute Gasteiger partial charge is 0.136 e. The fourth-order valence-electron chi connectivity index (χ4n) is 3.27. The second kappa shape index (κ2) is 8.29. The van der Waals surface area contributed by atoms with E-state index in [1.807, 2.05) is 49.5 Å². The number of aromatic nitrogens is 3. The summed E-state index contributed by atoms with van der Waals surface area (Å²) >= 11 is 0. The molecule has 5 heteroatoms. The standard InChI is InChI=1S/C22H23N3O2/c1-2-26-16-21-24-20-14-23-19-11-7-6-10-18(19)22(20)25(21)12-13-27-15-17-8-4-3-5-9-17/h3-11,14H,2,12-13,15-16H2,1H3. The Bertz CT molecular complexity index is 1030. The van der Waals surface area contributed by atoms with Crippen LogP contribution in [0, 0.1) is 0 Å². The van der Waals surface area contributed by atoms with Gasteiger partial charge in [-0.2, -0.15) is 0 Å². The zero-order valence-corrected chi connectivity index (χ0v) is 15.5. The topological polar surface area (TPSA) is 49.2 Å². The van der Waals surface area contributed by atoms with Crippen LogP contribution in [-0.4, -0.2) is 27.7 Å². The first-order valence-electron chi connectivity index (χ1n) is 9.29. The van der Waals surface area contributed by atoms with E-state index in [0.717, 1.165) is 34.3 Å². The average Bonchev–Trinajstić information content (AvgIpc) is 3.08. The lowest BCUT2D eigenvalue weighted by atomic mass is 10.2. The molecule has 4 aromatic rings. The van der Waals surface area contributed by atoms with Gasteiger partial charge < -0.3 is 14.0 Å². The highest BCUT2D eigenvalue weighted by Gasteiger charge is 2.14. The molecular weight excluding hydrogens is 338 g/mol. The molecule has 4 rings (SSSR count). The first kappa shape index (κ1) is 17.6. The van der Waals surface area contributed by atoms with Gasteiger partial charge in [0.25, 0.3) is 0 Å². The number of nitrogens with zero attached hydrogens (tertiary/aromatic N) is 3. The van der Waals surface area contributed by atoms with Crippen molar-refractivity contribution in [2.45, 2.75) is 26.7 Å². The van der Waals surface area contributed by atoms with Crippen LogP contribution in [0.4, 0.5) is 0 Å². The third-order valence-electron chi connectivity index (χ3n) is 4.56. The molecule has 0 amide bonds. The summed E-state index contributed by atoms with van der Waals surface area (Å²) < 4.78 is 13.7. The highest BCUT2D eigenvalue weighted by Crippen LogP contribution is 2.25. The van der Waals surface area contributed by atoms with Crippen molar-refractivity contribution >= 4 is 21.9 Å². The van der Waals surface area contributed by atoms with E-state index >= 15 is 0 Å². The Morgan fingerprint density at radius 1 is 0.889 bits per heavy atom. The van der Waals surface area contributed by atoms with E-state index in [2.05, 4.69) is 27.8 Å². The second-order valence-electron chi connectivity index (χ2n) is 6.36. The molecule has 5 nitrogen and oxygen atoms in total. The van der Waals surface area contributed by atoms with Gasteiger partial charge in [0.1, 0.15) is 17.9 Å². The Labute approximate surface area is 158 Å². The minimum absolute atomic E-state index is 0.484. The summed E-state index contributed by atoms with van der Waals surface area (Å²) in [6.45, 7) is 5.07. The molecule has 2 heterocycles. The van der Waals surface area contributed by atoms with Crippen LogP contribution in [0.3, 0.4) is 0 Å². The Kier molecular flexibility index (Phi) is 5.42. The van der Waals surface area contributed by atoms with E-state index in [9.17, 15) is 0 Å². The van der Waals surface area contributed by atoms with Crippen molar-refractivity contribution < 1.29 is 9.47 Å². The number of rotatable bonds is 8. The van der Waals surface area contributed by atoms with Crippen molar-refractivity contribution in [3.8, 4) is 0 Å². The molecule has 0 radical (unpaired) electrons. The Balaban J connectivity index is 1.61. The largest absolute Gasteiger partial charge is 0.375 e. The molecule has 0 aliphatic rings. The van der Waals surface area contributed by atoms with Gasteiger partial charge in [-0.15, -0.1) is 0 Å². The number of ether oxygens (including phenoxy) is 2. The van der Waals surface area contributed by atoms with E-state index in [-0.39, 0.29) is 0 Å². The molecule has 27 heavy (non-hydrogen) atoms. The third kappa shape index (κ3) is 3.84. The van der Waals surface area contributed by atoms with Gasteiger partial charge in [-0.1, -0.05) is 48.5 Å². The van der Waals surface area contributed by atoms with Crippen molar-refractivity contribution in [2.75, 3.05) is 13.2 Å². The van der Waals surface area contributed by atoms with Crippen LogP contribution in [0.2, 0.25) is 0 Å². The fourth-order valence-corrected chi connectivity index (χ4v) is 3.27. The van der Waals surface area contributed by atoms with Crippen LogP contribution >= 0.6 is 0 Å². The van der Waals surface area contributed by atoms with Crippen LogP contribution < -0.4 is 0 Å². The maximum Gasteiger partial charge on any atom is 0.136 e. The Morgan fingerprint density at radius 3 is 2.56 bits per heavy atom. The molecule has 2 aromatic heterocycles. The molecule has 2 aromatic carbocycles. The van der Waals surface area contributed by atoms with Gasteiger partial charge >= 0.3 is 0 Å².